The summed E-state index contributed by atoms with van der Waals surface area (Å²) in [4.78, 5) is 23.9. The third-order valence-electron chi connectivity index (χ3n) is 3.54. The molecular formula is C16H21N3O2. The number of carbonyl (C=O) groups is 2. The molecule has 1 heterocycles. The van der Waals surface area contributed by atoms with Crippen molar-refractivity contribution in [2.45, 2.75) is 26.3 Å². The van der Waals surface area contributed by atoms with Crippen LogP contribution in [0, 0.1) is 5.92 Å². The molecule has 0 bridgehead atoms. The van der Waals surface area contributed by atoms with Gasteiger partial charge in [-0.25, -0.2) is 0 Å². The van der Waals surface area contributed by atoms with Gasteiger partial charge in [-0.05, 0) is 24.5 Å². The van der Waals surface area contributed by atoms with Gasteiger partial charge >= 0.3 is 0 Å². The predicted octanol–water partition coefficient (Wildman–Crippen LogP) is 1.81. The number of benzene rings is 1. The SMILES string of the molecule is CC(C)C[C@H](NC(=O)c1cc2ccccc2n1C)C(N)=O. The van der Waals surface area contributed by atoms with Gasteiger partial charge in [-0.1, -0.05) is 32.0 Å². The highest BCUT2D eigenvalue weighted by Gasteiger charge is 2.22. The Hall–Kier alpha value is -2.30. The summed E-state index contributed by atoms with van der Waals surface area (Å²) >= 11 is 0. The first-order valence-corrected chi connectivity index (χ1v) is 7.04. The maximum absolute atomic E-state index is 12.4. The number of nitrogens with one attached hydrogen (secondary N) is 1. The lowest BCUT2D eigenvalue weighted by molar-refractivity contribution is -0.120. The Morgan fingerprint density at radius 3 is 2.52 bits per heavy atom. The highest BCUT2D eigenvalue weighted by molar-refractivity contribution is 6.00. The van der Waals surface area contributed by atoms with Gasteiger partial charge in [0.2, 0.25) is 5.91 Å². The molecule has 2 rings (SSSR count). The molecule has 0 fully saturated rings. The van der Waals surface area contributed by atoms with Crippen molar-refractivity contribution < 1.29 is 9.59 Å². The average Bonchev–Trinajstić information content (AvgIpc) is 2.75. The number of hydrogen-bond acceptors (Lipinski definition) is 2. The lowest BCUT2D eigenvalue weighted by Gasteiger charge is -2.17. The van der Waals surface area contributed by atoms with Gasteiger partial charge in [-0.15, -0.1) is 0 Å². The Kier molecular flexibility index (Phi) is 4.31. The number of rotatable bonds is 5. The van der Waals surface area contributed by atoms with Gasteiger partial charge in [0.05, 0.1) is 0 Å². The van der Waals surface area contributed by atoms with Crippen LogP contribution in [0.25, 0.3) is 10.9 Å². The van der Waals surface area contributed by atoms with Crippen molar-refractivity contribution in [2.24, 2.45) is 18.7 Å². The number of aryl methyl sites for hydroxylation is 1. The molecule has 2 aromatic rings. The summed E-state index contributed by atoms with van der Waals surface area (Å²) in [5.41, 5.74) is 6.86. The normalized spacial score (nSPS) is 12.6. The minimum absolute atomic E-state index is 0.273. The molecular weight excluding hydrogens is 266 g/mol. The van der Waals surface area contributed by atoms with Crippen molar-refractivity contribution in [3.63, 3.8) is 0 Å². The molecule has 112 valence electrons. The number of hydrogen-bond donors (Lipinski definition) is 2. The molecule has 0 saturated carbocycles. The molecule has 0 unspecified atom stereocenters. The van der Waals surface area contributed by atoms with E-state index in [1.54, 1.807) is 0 Å². The number of carbonyl (C=O) groups excluding carboxylic acids is 2. The molecule has 3 N–H and O–H groups in total. The Bertz CT molecular complexity index is 673. The van der Waals surface area contributed by atoms with Crippen LogP contribution < -0.4 is 11.1 Å². The van der Waals surface area contributed by atoms with E-state index in [0.717, 1.165) is 10.9 Å². The zero-order valence-electron chi connectivity index (χ0n) is 12.6. The van der Waals surface area contributed by atoms with Crippen LogP contribution in [0.5, 0.6) is 0 Å². The molecule has 0 spiro atoms. The summed E-state index contributed by atoms with van der Waals surface area (Å²) < 4.78 is 1.82. The van der Waals surface area contributed by atoms with E-state index in [-0.39, 0.29) is 11.8 Å². The fourth-order valence-electron chi connectivity index (χ4n) is 2.46. The van der Waals surface area contributed by atoms with E-state index < -0.39 is 11.9 Å². The van der Waals surface area contributed by atoms with Crippen molar-refractivity contribution >= 4 is 22.7 Å². The van der Waals surface area contributed by atoms with Crippen molar-refractivity contribution in [3.05, 3.63) is 36.0 Å². The van der Waals surface area contributed by atoms with E-state index >= 15 is 0 Å². The third-order valence-corrected chi connectivity index (χ3v) is 3.54. The molecule has 1 aromatic heterocycles. The standard InChI is InChI=1S/C16H21N3O2/c1-10(2)8-12(15(17)20)18-16(21)14-9-11-6-4-5-7-13(11)19(14)3/h4-7,9-10,12H,8H2,1-3H3,(H2,17,20)(H,18,21)/t12-/m0/s1. The molecule has 1 atom stereocenters. The fraction of sp³-hybridized carbons (Fsp3) is 0.375. The van der Waals surface area contributed by atoms with Crippen LogP contribution in [0.3, 0.4) is 0 Å². The van der Waals surface area contributed by atoms with Gasteiger partial charge in [0.25, 0.3) is 5.91 Å². The Morgan fingerprint density at radius 1 is 1.29 bits per heavy atom. The van der Waals surface area contributed by atoms with Crippen LogP contribution >= 0.6 is 0 Å². The molecule has 5 nitrogen and oxygen atoms in total. The van der Waals surface area contributed by atoms with Crippen LogP contribution in [-0.4, -0.2) is 22.4 Å². The van der Waals surface area contributed by atoms with Crippen LogP contribution in [-0.2, 0) is 11.8 Å². The van der Waals surface area contributed by atoms with Gasteiger partial charge in [0.15, 0.2) is 0 Å². The van der Waals surface area contributed by atoms with Gasteiger partial charge in [-0.3, -0.25) is 9.59 Å². The molecule has 0 aliphatic rings. The van der Waals surface area contributed by atoms with E-state index in [2.05, 4.69) is 5.32 Å². The molecule has 2 amide bonds. The molecule has 0 radical (unpaired) electrons. The highest BCUT2D eigenvalue weighted by Crippen LogP contribution is 2.18. The van der Waals surface area contributed by atoms with Gasteiger partial charge < -0.3 is 15.6 Å². The highest BCUT2D eigenvalue weighted by atomic mass is 16.2. The average molecular weight is 287 g/mol. The maximum Gasteiger partial charge on any atom is 0.268 e. The third kappa shape index (κ3) is 3.24. The second-order valence-corrected chi connectivity index (χ2v) is 5.71. The number of nitrogens with zero attached hydrogens (tertiary/aromatic N) is 1. The molecule has 21 heavy (non-hydrogen) atoms. The van der Waals surface area contributed by atoms with Crippen LogP contribution in [0.4, 0.5) is 0 Å². The summed E-state index contributed by atoms with van der Waals surface area (Å²) in [6.07, 6.45) is 0.533. The lowest BCUT2D eigenvalue weighted by atomic mass is 10.0. The first-order valence-electron chi connectivity index (χ1n) is 7.04. The van der Waals surface area contributed by atoms with E-state index in [0.29, 0.717) is 12.1 Å². The Balaban J connectivity index is 2.25. The quantitative estimate of drug-likeness (QED) is 0.879. The van der Waals surface area contributed by atoms with Crippen molar-refractivity contribution in [2.75, 3.05) is 0 Å². The molecule has 0 aliphatic carbocycles. The number of nitrogens with two attached hydrogens (primary N) is 1. The monoisotopic (exact) mass is 287 g/mol. The number of fused-ring (bicyclic) bond motifs is 1. The van der Waals surface area contributed by atoms with Gasteiger partial charge in [0, 0.05) is 18.0 Å². The van der Waals surface area contributed by atoms with Crippen molar-refractivity contribution in [1.29, 1.82) is 0 Å². The molecule has 0 aliphatic heterocycles. The van der Waals surface area contributed by atoms with E-state index in [1.165, 1.54) is 0 Å². The summed E-state index contributed by atoms with van der Waals surface area (Å²) in [7, 11) is 1.83. The first-order chi connectivity index (χ1) is 9.90. The second kappa shape index (κ2) is 5.99. The zero-order valence-corrected chi connectivity index (χ0v) is 12.6. The van der Waals surface area contributed by atoms with Crippen LogP contribution in [0.2, 0.25) is 0 Å². The minimum Gasteiger partial charge on any atom is -0.368 e. The number of primary amides is 1. The summed E-state index contributed by atoms with van der Waals surface area (Å²) in [6, 6.07) is 8.93. The minimum atomic E-state index is -0.643. The van der Waals surface area contributed by atoms with Crippen molar-refractivity contribution in [1.82, 2.24) is 9.88 Å². The van der Waals surface area contributed by atoms with Crippen LogP contribution in [0.1, 0.15) is 30.8 Å². The second-order valence-electron chi connectivity index (χ2n) is 5.71. The van der Waals surface area contributed by atoms with Crippen molar-refractivity contribution in [3.8, 4) is 0 Å². The largest absolute Gasteiger partial charge is 0.368 e. The topological polar surface area (TPSA) is 77.1 Å². The van der Waals surface area contributed by atoms with E-state index in [1.807, 2.05) is 55.8 Å². The number of para-hydroxylation sites is 1. The van der Waals surface area contributed by atoms with Gasteiger partial charge in [-0.2, -0.15) is 0 Å². The summed E-state index contributed by atoms with van der Waals surface area (Å²) in [5.74, 6) is -0.510. The molecule has 1 aromatic carbocycles. The van der Waals surface area contributed by atoms with Crippen LogP contribution in [0.15, 0.2) is 30.3 Å². The summed E-state index contributed by atoms with van der Waals surface area (Å²) in [6.45, 7) is 3.97. The zero-order chi connectivity index (χ0) is 15.6. The Labute approximate surface area is 124 Å². The van der Waals surface area contributed by atoms with E-state index in [9.17, 15) is 9.59 Å². The Morgan fingerprint density at radius 2 is 1.95 bits per heavy atom. The summed E-state index contributed by atoms with van der Waals surface area (Å²) in [5, 5.41) is 3.72. The fourth-order valence-corrected chi connectivity index (χ4v) is 2.46. The maximum atomic E-state index is 12.4. The smallest absolute Gasteiger partial charge is 0.268 e. The number of aromatic nitrogens is 1. The number of amides is 2. The molecule has 0 saturated heterocycles. The predicted molar refractivity (Wildman–Crippen MR) is 82.8 cm³/mol. The first kappa shape index (κ1) is 15.1. The van der Waals surface area contributed by atoms with Gasteiger partial charge in [0.1, 0.15) is 11.7 Å². The lowest BCUT2D eigenvalue weighted by Crippen LogP contribution is -2.45. The molecule has 5 heteroatoms. The van der Waals surface area contributed by atoms with E-state index in [4.69, 9.17) is 5.73 Å².